The number of methoxy groups -OCH3 is 2. The van der Waals surface area contributed by atoms with Crippen molar-refractivity contribution in [3.63, 3.8) is 0 Å². The summed E-state index contributed by atoms with van der Waals surface area (Å²) in [7, 11) is 2.76. The fourth-order valence-electron chi connectivity index (χ4n) is 3.89. The number of esters is 1. The fraction of sp³-hybridized carbons (Fsp3) is 0.115. The van der Waals surface area contributed by atoms with Crippen LogP contribution in [0.2, 0.25) is 5.02 Å². The van der Waals surface area contributed by atoms with Crippen molar-refractivity contribution in [2.24, 2.45) is 0 Å². The lowest BCUT2D eigenvalue weighted by Crippen LogP contribution is -2.29. The van der Waals surface area contributed by atoms with Gasteiger partial charge < -0.3 is 14.6 Å². The third kappa shape index (κ3) is 4.13. The summed E-state index contributed by atoms with van der Waals surface area (Å²) in [6.07, 6.45) is 0. The maximum absolute atomic E-state index is 13.3. The Balaban J connectivity index is 1.95. The number of halogens is 1. The number of aliphatic hydroxyl groups is 1. The Morgan fingerprint density at radius 1 is 0.941 bits per heavy atom. The van der Waals surface area contributed by atoms with Gasteiger partial charge in [0.05, 0.1) is 31.4 Å². The van der Waals surface area contributed by atoms with Crippen LogP contribution >= 0.6 is 11.6 Å². The lowest BCUT2D eigenvalue weighted by molar-refractivity contribution is -0.132. The second-order valence-electron chi connectivity index (χ2n) is 7.49. The third-order valence-electron chi connectivity index (χ3n) is 5.52. The third-order valence-corrected chi connectivity index (χ3v) is 5.77. The molecule has 1 amide bonds. The van der Waals surface area contributed by atoms with E-state index in [1.54, 1.807) is 66.7 Å². The van der Waals surface area contributed by atoms with Crippen molar-refractivity contribution in [3.8, 4) is 5.75 Å². The maximum Gasteiger partial charge on any atom is 0.337 e. The van der Waals surface area contributed by atoms with E-state index in [9.17, 15) is 19.5 Å². The van der Waals surface area contributed by atoms with E-state index in [4.69, 9.17) is 21.1 Å². The number of benzene rings is 3. The number of carbonyl (C=O) groups is 3. The Kier molecular flexibility index (Phi) is 6.38. The van der Waals surface area contributed by atoms with Crippen LogP contribution in [0.15, 0.2) is 78.4 Å². The molecule has 1 fully saturated rings. The number of ether oxygens (including phenoxy) is 2. The molecule has 3 aromatic carbocycles. The minimum absolute atomic E-state index is 0.0935. The molecule has 1 aliphatic rings. The van der Waals surface area contributed by atoms with Gasteiger partial charge >= 0.3 is 5.97 Å². The van der Waals surface area contributed by atoms with Gasteiger partial charge in [-0.25, -0.2) is 4.79 Å². The van der Waals surface area contributed by atoms with Crippen molar-refractivity contribution in [1.82, 2.24) is 0 Å². The maximum atomic E-state index is 13.3. The van der Waals surface area contributed by atoms with Crippen LogP contribution in [0, 0.1) is 0 Å². The summed E-state index contributed by atoms with van der Waals surface area (Å²) in [4.78, 5) is 39.8. The predicted molar refractivity (Wildman–Crippen MR) is 127 cm³/mol. The molecule has 0 aromatic heterocycles. The van der Waals surface area contributed by atoms with Gasteiger partial charge in [0.1, 0.15) is 11.5 Å². The molecule has 4 rings (SSSR count). The van der Waals surface area contributed by atoms with E-state index in [0.717, 1.165) is 0 Å². The van der Waals surface area contributed by atoms with E-state index in [1.807, 2.05) is 0 Å². The number of anilines is 1. The first-order chi connectivity index (χ1) is 16.3. The molecule has 0 saturated carbocycles. The summed E-state index contributed by atoms with van der Waals surface area (Å²) in [5.41, 5.74) is 1.29. The summed E-state index contributed by atoms with van der Waals surface area (Å²) >= 11 is 5.96. The largest absolute Gasteiger partial charge is 0.507 e. The zero-order valence-electron chi connectivity index (χ0n) is 18.3. The zero-order chi connectivity index (χ0) is 24.4. The van der Waals surface area contributed by atoms with Crippen LogP contribution in [0.4, 0.5) is 5.69 Å². The van der Waals surface area contributed by atoms with Crippen LogP contribution in [0.1, 0.15) is 27.5 Å². The molecule has 172 valence electrons. The van der Waals surface area contributed by atoms with E-state index >= 15 is 0 Å². The Labute approximate surface area is 200 Å². The molecule has 1 saturated heterocycles. The standard InChI is InChI=1S/C26H20ClNO6/c1-33-20-8-4-5-16(14-20)22-21(23(29)15-9-11-18(27)12-10-15)24(30)25(31)28(22)19-7-3-6-17(13-19)26(32)34-2/h3-14,22,29H,1-2H3/b23-21+. The van der Waals surface area contributed by atoms with Gasteiger partial charge in [0, 0.05) is 16.3 Å². The Morgan fingerprint density at radius 2 is 1.65 bits per heavy atom. The van der Waals surface area contributed by atoms with Gasteiger partial charge in [-0.2, -0.15) is 0 Å². The first-order valence-corrected chi connectivity index (χ1v) is 10.6. The minimum Gasteiger partial charge on any atom is -0.507 e. The van der Waals surface area contributed by atoms with Crippen LogP contribution in [-0.4, -0.2) is 37.0 Å². The molecule has 1 N–H and O–H groups in total. The molecule has 1 aliphatic heterocycles. The normalized spacial score (nSPS) is 17.0. The topological polar surface area (TPSA) is 93.1 Å². The molecule has 1 atom stereocenters. The van der Waals surface area contributed by atoms with Crippen LogP contribution in [0.3, 0.4) is 0 Å². The van der Waals surface area contributed by atoms with Crippen molar-refractivity contribution in [2.45, 2.75) is 6.04 Å². The van der Waals surface area contributed by atoms with Crippen LogP contribution in [-0.2, 0) is 14.3 Å². The van der Waals surface area contributed by atoms with Crippen LogP contribution < -0.4 is 9.64 Å². The SMILES string of the molecule is COC(=O)c1cccc(N2C(=O)C(=O)/C(=C(/O)c3ccc(Cl)cc3)C2c2cccc(OC)c2)c1. The molecular formula is C26H20ClNO6. The van der Waals surface area contributed by atoms with Gasteiger partial charge in [0.25, 0.3) is 11.7 Å². The number of nitrogens with zero attached hydrogens (tertiary/aromatic N) is 1. The number of aliphatic hydroxyl groups excluding tert-OH is 1. The van der Waals surface area contributed by atoms with E-state index in [0.29, 0.717) is 27.6 Å². The number of carbonyl (C=O) groups excluding carboxylic acids is 3. The molecule has 0 aliphatic carbocycles. The van der Waals surface area contributed by atoms with E-state index < -0.39 is 23.7 Å². The van der Waals surface area contributed by atoms with Gasteiger partial charge in [-0.1, -0.05) is 29.8 Å². The molecular weight excluding hydrogens is 458 g/mol. The van der Waals surface area contributed by atoms with E-state index in [-0.39, 0.29) is 16.9 Å². The summed E-state index contributed by atoms with van der Waals surface area (Å²) in [5, 5.41) is 11.6. The summed E-state index contributed by atoms with van der Waals surface area (Å²) < 4.78 is 10.1. The van der Waals surface area contributed by atoms with Crippen LogP contribution in [0.25, 0.3) is 5.76 Å². The molecule has 0 radical (unpaired) electrons. The molecule has 3 aromatic rings. The van der Waals surface area contributed by atoms with Gasteiger partial charge in [0.2, 0.25) is 0 Å². The second kappa shape index (κ2) is 9.41. The number of hydrogen-bond acceptors (Lipinski definition) is 6. The lowest BCUT2D eigenvalue weighted by atomic mass is 9.95. The molecule has 8 heteroatoms. The molecule has 0 bridgehead atoms. The van der Waals surface area contributed by atoms with Gasteiger partial charge in [-0.15, -0.1) is 0 Å². The number of ketones is 1. The van der Waals surface area contributed by atoms with Crippen molar-refractivity contribution in [3.05, 3.63) is 100 Å². The highest BCUT2D eigenvalue weighted by Crippen LogP contribution is 2.43. The quantitative estimate of drug-likeness (QED) is 0.246. The molecule has 34 heavy (non-hydrogen) atoms. The monoisotopic (exact) mass is 477 g/mol. The lowest BCUT2D eigenvalue weighted by Gasteiger charge is -2.26. The number of Topliss-reactive ketones (excluding diaryl/α,β-unsaturated/α-hetero) is 1. The molecule has 0 spiro atoms. The van der Waals surface area contributed by atoms with Crippen molar-refractivity contribution >= 4 is 40.7 Å². The highest BCUT2D eigenvalue weighted by atomic mass is 35.5. The second-order valence-corrected chi connectivity index (χ2v) is 7.93. The Morgan fingerprint density at radius 3 is 2.32 bits per heavy atom. The van der Waals surface area contributed by atoms with E-state index in [1.165, 1.54) is 25.2 Å². The van der Waals surface area contributed by atoms with Gasteiger partial charge in [-0.05, 0) is 60.2 Å². The number of hydrogen-bond donors (Lipinski definition) is 1. The van der Waals surface area contributed by atoms with Crippen molar-refractivity contribution < 1.29 is 29.0 Å². The molecule has 7 nitrogen and oxygen atoms in total. The average molecular weight is 478 g/mol. The smallest absolute Gasteiger partial charge is 0.337 e. The number of rotatable bonds is 5. The molecule has 1 unspecified atom stereocenters. The highest BCUT2D eigenvalue weighted by molar-refractivity contribution is 6.51. The summed E-state index contributed by atoms with van der Waals surface area (Å²) in [6.45, 7) is 0. The minimum atomic E-state index is -0.973. The van der Waals surface area contributed by atoms with Crippen molar-refractivity contribution in [2.75, 3.05) is 19.1 Å². The Hall–Kier alpha value is -4.10. The average Bonchev–Trinajstić information content (AvgIpc) is 3.14. The zero-order valence-corrected chi connectivity index (χ0v) is 19.1. The van der Waals surface area contributed by atoms with Gasteiger partial charge in [-0.3, -0.25) is 14.5 Å². The first-order valence-electron chi connectivity index (χ1n) is 10.2. The van der Waals surface area contributed by atoms with E-state index in [2.05, 4.69) is 0 Å². The Bertz CT molecular complexity index is 1310. The van der Waals surface area contributed by atoms with Crippen LogP contribution in [0.5, 0.6) is 5.75 Å². The first kappa shape index (κ1) is 23.1. The fourth-order valence-corrected chi connectivity index (χ4v) is 4.02. The van der Waals surface area contributed by atoms with Crippen molar-refractivity contribution in [1.29, 1.82) is 0 Å². The summed E-state index contributed by atoms with van der Waals surface area (Å²) in [6, 6.07) is 18.4. The highest BCUT2D eigenvalue weighted by Gasteiger charge is 2.47. The van der Waals surface area contributed by atoms with Gasteiger partial charge in [0.15, 0.2) is 0 Å². The predicted octanol–water partition coefficient (Wildman–Crippen LogP) is 4.76. The number of amides is 1. The molecule has 1 heterocycles. The summed E-state index contributed by atoms with van der Waals surface area (Å²) in [5.74, 6) is -2.11.